The van der Waals surface area contributed by atoms with Crippen molar-refractivity contribution in [2.45, 2.75) is 18.9 Å². The largest absolute Gasteiger partial charge is 0.481 e. The third kappa shape index (κ3) is 0.611. The van der Waals surface area contributed by atoms with Gasteiger partial charge in [-0.3, -0.25) is 4.79 Å². The van der Waals surface area contributed by atoms with E-state index in [0.29, 0.717) is 11.8 Å². The first-order valence-corrected chi connectivity index (χ1v) is 3.70. The van der Waals surface area contributed by atoms with Gasteiger partial charge in [-0.1, -0.05) is 0 Å². The van der Waals surface area contributed by atoms with Crippen LogP contribution in [0.2, 0.25) is 0 Å². The minimum absolute atomic E-state index is 0.0938. The summed E-state index contributed by atoms with van der Waals surface area (Å²) in [5.41, 5.74) is 5.68. The quantitative estimate of drug-likeness (QED) is 0.542. The van der Waals surface area contributed by atoms with E-state index < -0.39 is 5.97 Å². The zero-order valence-corrected chi connectivity index (χ0v) is 5.66. The summed E-state index contributed by atoms with van der Waals surface area (Å²) >= 11 is 0. The molecule has 0 bridgehead atoms. The molecule has 3 nitrogen and oxygen atoms in total. The molecular weight excluding hydrogens is 130 g/mol. The molecule has 0 radical (unpaired) electrons. The zero-order chi connectivity index (χ0) is 7.30. The van der Waals surface area contributed by atoms with E-state index in [2.05, 4.69) is 0 Å². The Balaban J connectivity index is 2.05. The summed E-state index contributed by atoms with van der Waals surface area (Å²) in [6, 6.07) is 0.172. The average molecular weight is 141 g/mol. The van der Waals surface area contributed by atoms with Crippen molar-refractivity contribution in [3.8, 4) is 0 Å². The Hall–Kier alpha value is -0.570. The van der Waals surface area contributed by atoms with E-state index in [9.17, 15) is 4.79 Å². The fourth-order valence-electron chi connectivity index (χ4n) is 2.28. The highest BCUT2D eigenvalue weighted by molar-refractivity contribution is 5.74. The van der Waals surface area contributed by atoms with Crippen LogP contribution >= 0.6 is 0 Å². The minimum atomic E-state index is -0.648. The summed E-state index contributed by atoms with van der Waals surface area (Å²) in [5, 5.41) is 8.62. The van der Waals surface area contributed by atoms with Crippen LogP contribution < -0.4 is 5.73 Å². The van der Waals surface area contributed by atoms with Crippen molar-refractivity contribution in [1.29, 1.82) is 0 Å². The summed E-state index contributed by atoms with van der Waals surface area (Å²) in [4.78, 5) is 10.5. The Morgan fingerprint density at radius 1 is 1.50 bits per heavy atom. The molecule has 0 aromatic rings. The van der Waals surface area contributed by atoms with Gasteiger partial charge in [0.05, 0.1) is 5.92 Å². The molecule has 2 aliphatic carbocycles. The maximum absolute atomic E-state index is 10.5. The van der Waals surface area contributed by atoms with E-state index in [-0.39, 0.29) is 12.0 Å². The molecule has 10 heavy (non-hydrogen) atoms. The van der Waals surface area contributed by atoms with Gasteiger partial charge in [-0.25, -0.2) is 0 Å². The molecule has 0 amide bonds. The highest BCUT2D eigenvalue weighted by Gasteiger charge is 2.60. The lowest BCUT2D eigenvalue weighted by Gasteiger charge is -2.03. The van der Waals surface area contributed by atoms with Gasteiger partial charge in [0.15, 0.2) is 0 Å². The van der Waals surface area contributed by atoms with Crippen LogP contribution in [0.3, 0.4) is 0 Å². The second-order valence-electron chi connectivity index (χ2n) is 3.35. The normalized spacial score (nSPS) is 50.5. The number of hydrogen-bond donors (Lipinski definition) is 2. The monoisotopic (exact) mass is 141 g/mol. The van der Waals surface area contributed by atoms with Crippen LogP contribution in [-0.2, 0) is 4.79 Å². The molecule has 0 heterocycles. The molecule has 0 aliphatic heterocycles. The third-order valence-electron chi connectivity index (χ3n) is 2.84. The number of aliphatic carboxylic acids is 1. The number of carbonyl (C=O) groups is 1. The van der Waals surface area contributed by atoms with Gasteiger partial charge in [-0.15, -0.1) is 0 Å². The van der Waals surface area contributed by atoms with Crippen molar-refractivity contribution < 1.29 is 9.90 Å². The van der Waals surface area contributed by atoms with Gasteiger partial charge in [0.2, 0.25) is 0 Å². The van der Waals surface area contributed by atoms with Crippen molar-refractivity contribution in [2.75, 3.05) is 0 Å². The fraction of sp³-hybridized carbons (Fsp3) is 0.857. The molecule has 3 heteroatoms. The average Bonchev–Trinajstić information content (AvgIpc) is 2.48. The molecule has 0 unspecified atom stereocenters. The van der Waals surface area contributed by atoms with Crippen LogP contribution in [0, 0.1) is 17.8 Å². The second kappa shape index (κ2) is 1.72. The van der Waals surface area contributed by atoms with E-state index in [1.54, 1.807) is 0 Å². The Morgan fingerprint density at radius 2 is 2.20 bits per heavy atom. The molecule has 0 aromatic carbocycles. The lowest BCUT2D eigenvalue weighted by atomic mass is 10.1. The number of fused-ring (bicyclic) bond motifs is 1. The summed E-state index contributed by atoms with van der Waals surface area (Å²) < 4.78 is 0. The third-order valence-corrected chi connectivity index (χ3v) is 2.84. The van der Waals surface area contributed by atoms with Gasteiger partial charge in [-0.2, -0.15) is 0 Å². The lowest BCUT2D eigenvalue weighted by Crippen LogP contribution is -2.22. The maximum atomic E-state index is 10.5. The number of hydrogen-bond acceptors (Lipinski definition) is 2. The van der Waals surface area contributed by atoms with Crippen LogP contribution in [0.4, 0.5) is 0 Å². The molecule has 2 saturated carbocycles. The molecule has 0 aromatic heterocycles. The van der Waals surface area contributed by atoms with Gasteiger partial charge in [0, 0.05) is 6.04 Å². The zero-order valence-electron chi connectivity index (χ0n) is 5.66. The summed E-state index contributed by atoms with van der Waals surface area (Å²) in [6.45, 7) is 0. The first-order chi connectivity index (χ1) is 4.72. The molecule has 4 atom stereocenters. The second-order valence-corrected chi connectivity index (χ2v) is 3.35. The van der Waals surface area contributed by atoms with E-state index >= 15 is 0 Å². The lowest BCUT2D eigenvalue weighted by molar-refractivity contribution is -0.139. The first kappa shape index (κ1) is 6.16. The van der Waals surface area contributed by atoms with Crippen LogP contribution in [0.25, 0.3) is 0 Å². The van der Waals surface area contributed by atoms with Crippen LogP contribution in [-0.4, -0.2) is 17.1 Å². The van der Waals surface area contributed by atoms with E-state index in [1.807, 2.05) is 0 Å². The first-order valence-electron chi connectivity index (χ1n) is 3.70. The van der Waals surface area contributed by atoms with Crippen molar-refractivity contribution in [2.24, 2.45) is 23.5 Å². The summed E-state index contributed by atoms with van der Waals surface area (Å²) in [6.07, 6.45) is 2.06. The van der Waals surface area contributed by atoms with Crippen molar-refractivity contribution in [3.63, 3.8) is 0 Å². The van der Waals surface area contributed by atoms with Crippen LogP contribution in [0.15, 0.2) is 0 Å². The van der Waals surface area contributed by atoms with Crippen LogP contribution in [0.5, 0.6) is 0 Å². The number of carboxylic acids is 1. The Bertz CT molecular complexity index is 180. The number of rotatable bonds is 1. The molecule has 56 valence electrons. The summed E-state index contributed by atoms with van der Waals surface area (Å²) in [5.74, 6) is -0.00102. The van der Waals surface area contributed by atoms with Crippen LogP contribution in [0.1, 0.15) is 12.8 Å². The Labute approximate surface area is 59.2 Å². The standard InChI is InChI=1S/C7H11NO2/c8-4-2-1-3-5(4)6(3)7(9)10/h3-6H,1-2,8H2,(H,9,10)/t3-,4-,5-,6+/m0/s1. The SMILES string of the molecule is N[C@H]1CC[C@@H]2[C@@H](C(=O)O)[C@@H]21. The molecule has 2 aliphatic rings. The topological polar surface area (TPSA) is 63.3 Å². The molecule has 0 saturated heterocycles. The summed E-state index contributed by atoms with van der Waals surface area (Å²) in [7, 11) is 0. The minimum Gasteiger partial charge on any atom is -0.481 e. The van der Waals surface area contributed by atoms with Gasteiger partial charge >= 0.3 is 5.97 Å². The Morgan fingerprint density at radius 3 is 2.50 bits per heavy atom. The van der Waals surface area contributed by atoms with Crippen molar-refractivity contribution in [1.82, 2.24) is 0 Å². The molecule has 2 fully saturated rings. The number of nitrogens with two attached hydrogens (primary N) is 1. The molecule has 0 spiro atoms. The predicted molar refractivity (Wildman–Crippen MR) is 35.3 cm³/mol. The van der Waals surface area contributed by atoms with Crippen molar-refractivity contribution in [3.05, 3.63) is 0 Å². The molecule has 3 N–H and O–H groups in total. The molecular formula is C7H11NO2. The van der Waals surface area contributed by atoms with Gasteiger partial charge in [0.1, 0.15) is 0 Å². The maximum Gasteiger partial charge on any atom is 0.307 e. The van der Waals surface area contributed by atoms with E-state index in [0.717, 1.165) is 12.8 Å². The van der Waals surface area contributed by atoms with Gasteiger partial charge in [-0.05, 0) is 24.7 Å². The smallest absolute Gasteiger partial charge is 0.307 e. The van der Waals surface area contributed by atoms with Gasteiger partial charge < -0.3 is 10.8 Å². The Kier molecular flexibility index (Phi) is 1.06. The fourth-order valence-corrected chi connectivity index (χ4v) is 2.28. The highest BCUT2D eigenvalue weighted by atomic mass is 16.4. The van der Waals surface area contributed by atoms with E-state index in [1.165, 1.54) is 0 Å². The van der Waals surface area contributed by atoms with Crippen molar-refractivity contribution >= 4 is 5.97 Å². The van der Waals surface area contributed by atoms with Gasteiger partial charge in [0.25, 0.3) is 0 Å². The predicted octanol–water partition coefficient (Wildman–Crippen LogP) is 0.0543. The van der Waals surface area contributed by atoms with E-state index in [4.69, 9.17) is 10.8 Å². The molecule has 2 rings (SSSR count). The highest BCUT2D eigenvalue weighted by Crippen LogP contribution is 2.56. The number of carboxylic acid groups (broad SMARTS) is 1.